The fourth-order valence-electron chi connectivity index (χ4n) is 2.45. The van der Waals surface area contributed by atoms with Crippen molar-refractivity contribution in [3.05, 3.63) is 29.8 Å². The Balaban J connectivity index is 1.93. The zero-order valence-corrected chi connectivity index (χ0v) is 11.6. The summed E-state index contributed by atoms with van der Waals surface area (Å²) in [7, 11) is 1.72. The van der Waals surface area contributed by atoms with Gasteiger partial charge in [0, 0.05) is 18.0 Å². The van der Waals surface area contributed by atoms with Gasteiger partial charge in [-0.25, -0.2) is 0 Å². The molecule has 18 heavy (non-hydrogen) atoms. The van der Waals surface area contributed by atoms with Crippen LogP contribution in [0.15, 0.2) is 24.3 Å². The van der Waals surface area contributed by atoms with E-state index in [9.17, 15) is 0 Å². The summed E-state index contributed by atoms with van der Waals surface area (Å²) in [5.41, 5.74) is 6.95. The Hall–Kier alpha value is -1.13. The lowest BCUT2D eigenvalue weighted by molar-refractivity contribution is 0.200. The number of rotatable bonds is 4. The van der Waals surface area contributed by atoms with Crippen molar-refractivity contribution in [3.8, 4) is 5.75 Å². The van der Waals surface area contributed by atoms with E-state index in [2.05, 4.69) is 17.0 Å². The minimum absolute atomic E-state index is 0.425. The van der Waals surface area contributed by atoms with E-state index in [1.54, 1.807) is 7.11 Å². The molecule has 0 radical (unpaired) electrons. The van der Waals surface area contributed by atoms with Gasteiger partial charge in [0.1, 0.15) is 5.75 Å². The maximum Gasteiger partial charge on any atom is 0.123 e. The minimum Gasteiger partial charge on any atom is -0.496 e. The first-order valence-electron chi connectivity index (χ1n) is 6.34. The molecular weight excluding hydrogens is 244 g/mol. The molecule has 0 unspecified atom stereocenters. The summed E-state index contributed by atoms with van der Waals surface area (Å²) < 4.78 is 5.38. The molecule has 0 saturated carbocycles. The first kappa shape index (κ1) is 13.3. The van der Waals surface area contributed by atoms with Crippen LogP contribution in [-0.4, -0.2) is 30.1 Å². The summed E-state index contributed by atoms with van der Waals surface area (Å²) in [6, 6.07) is 8.19. The molecule has 4 heteroatoms. The highest BCUT2D eigenvalue weighted by Crippen LogP contribution is 2.23. The number of methoxy groups -OCH3 is 1. The topological polar surface area (TPSA) is 38.5 Å². The lowest BCUT2D eigenvalue weighted by atomic mass is 9.96. The quantitative estimate of drug-likeness (QED) is 0.846. The molecule has 1 aliphatic heterocycles. The molecule has 0 spiro atoms. The van der Waals surface area contributed by atoms with E-state index in [-0.39, 0.29) is 0 Å². The van der Waals surface area contributed by atoms with E-state index in [1.165, 1.54) is 5.56 Å². The van der Waals surface area contributed by atoms with E-state index in [4.69, 9.17) is 22.7 Å². The fraction of sp³-hybridized carbons (Fsp3) is 0.500. The van der Waals surface area contributed by atoms with Crippen molar-refractivity contribution in [2.45, 2.75) is 19.4 Å². The second kappa shape index (κ2) is 6.16. The second-order valence-electron chi connectivity index (χ2n) is 4.76. The van der Waals surface area contributed by atoms with Crippen LogP contribution in [0, 0.1) is 5.92 Å². The number of nitrogens with two attached hydrogens (primary N) is 1. The molecule has 1 aromatic carbocycles. The zero-order chi connectivity index (χ0) is 13.0. The summed E-state index contributed by atoms with van der Waals surface area (Å²) in [5.74, 6) is 1.39. The van der Waals surface area contributed by atoms with E-state index in [1.807, 2.05) is 12.1 Å². The lowest BCUT2D eigenvalue weighted by Gasteiger charge is -2.31. The SMILES string of the molecule is COc1ccccc1CN1CCC(C(N)=S)CC1. The molecule has 1 aromatic rings. The average molecular weight is 264 g/mol. The Morgan fingerprint density at radius 3 is 2.67 bits per heavy atom. The normalized spacial score (nSPS) is 17.6. The number of benzene rings is 1. The standard InChI is InChI=1S/C14H20N2OS/c1-17-13-5-3-2-4-12(13)10-16-8-6-11(7-9-16)14(15)18/h2-5,11H,6-10H2,1H3,(H2,15,18). The van der Waals surface area contributed by atoms with Crippen molar-refractivity contribution in [2.75, 3.05) is 20.2 Å². The zero-order valence-electron chi connectivity index (χ0n) is 10.8. The molecule has 1 heterocycles. The van der Waals surface area contributed by atoms with E-state index < -0.39 is 0 Å². The summed E-state index contributed by atoms with van der Waals surface area (Å²) in [5, 5.41) is 0. The molecule has 0 aromatic heterocycles. The van der Waals surface area contributed by atoms with E-state index >= 15 is 0 Å². The molecule has 0 atom stereocenters. The van der Waals surface area contributed by atoms with Gasteiger partial charge in [-0.15, -0.1) is 0 Å². The van der Waals surface area contributed by atoms with Crippen LogP contribution < -0.4 is 10.5 Å². The lowest BCUT2D eigenvalue weighted by Crippen LogP contribution is -2.37. The monoisotopic (exact) mass is 264 g/mol. The molecule has 98 valence electrons. The van der Waals surface area contributed by atoms with Crippen LogP contribution in [0.3, 0.4) is 0 Å². The summed E-state index contributed by atoms with van der Waals surface area (Å²) in [6.07, 6.45) is 2.15. The van der Waals surface area contributed by atoms with Crippen molar-refractivity contribution in [3.63, 3.8) is 0 Å². The van der Waals surface area contributed by atoms with Gasteiger partial charge in [-0.3, -0.25) is 4.90 Å². The van der Waals surface area contributed by atoms with E-state index in [0.29, 0.717) is 10.9 Å². The molecule has 0 bridgehead atoms. The van der Waals surface area contributed by atoms with Gasteiger partial charge in [0.25, 0.3) is 0 Å². The minimum atomic E-state index is 0.425. The Morgan fingerprint density at radius 2 is 2.06 bits per heavy atom. The predicted molar refractivity (Wildman–Crippen MR) is 77.8 cm³/mol. The number of nitrogens with zero attached hydrogens (tertiary/aromatic N) is 1. The molecule has 1 aliphatic rings. The second-order valence-corrected chi connectivity index (χ2v) is 5.24. The Morgan fingerprint density at radius 1 is 1.39 bits per heavy atom. The maximum absolute atomic E-state index is 5.70. The van der Waals surface area contributed by atoms with Crippen molar-refractivity contribution < 1.29 is 4.74 Å². The molecule has 0 amide bonds. The van der Waals surface area contributed by atoms with Crippen LogP contribution in [0.4, 0.5) is 0 Å². The highest BCUT2D eigenvalue weighted by molar-refractivity contribution is 7.80. The van der Waals surface area contributed by atoms with Gasteiger partial charge < -0.3 is 10.5 Å². The van der Waals surface area contributed by atoms with Gasteiger partial charge in [0.05, 0.1) is 12.1 Å². The van der Waals surface area contributed by atoms with Gasteiger partial charge >= 0.3 is 0 Å². The van der Waals surface area contributed by atoms with Gasteiger partial charge in [-0.05, 0) is 32.0 Å². The third-order valence-corrected chi connectivity index (χ3v) is 3.91. The Kier molecular flexibility index (Phi) is 4.55. The number of hydrogen-bond donors (Lipinski definition) is 1. The summed E-state index contributed by atoms with van der Waals surface area (Å²) >= 11 is 5.06. The van der Waals surface area contributed by atoms with Crippen LogP contribution in [-0.2, 0) is 6.54 Å². The van der Waals surface area contributed by atoms with Crippen LogP contribution in [0.5, 0.6) is 5.75 Å². The molecule has 1 saturated heterocycles. The number of thiocarbonyl (C=S) groups is 1. The molecule has 1 fully saturated rings. The molecule has 3 nitrogen and oxygen atoms in total. The first-order valence-corrected chi connectivity index (χ1v) is 6.75. The van der Waals surface area contributed by atoms with Crippen LogP contribution in [0.2, 0.25) is 0 Å². The Bertz CT molecular complexity index is 414. The molecule has 2 N–H and O–H groups in total. The van der Waals surface area contributed by atoms with Crippen molar-refractivity contribution in [1.82, 2.24) is 4.90 Å². The van der Waals surface area contributed by atoms with Crippen molar-refractivity contribution >= 4 is 17.2 Å². The highest BCUT2D eigenvalue weighted by Gasteiger charge is 2.21. The molecule has 2 rings (SSSR count). The number of ether oxygens (including phenoxy) is 1. The highest BCUT2D eigenvalue weighted by atomic mass is 32.1. The van der Waals surface area contributed by atoms with Crippen LogP contribution in [0.25, 0.3) is 0 Å². The van der Waals surface area contributed by atoms with Gasteiger partial charge in [-0.2, -0.15) is 0 Å². The van der Waals surface area contributed by atoms with Crippen LogP contribution in [0.1, 0.15) is 18.4 Å². The van der Waals surface area contributed by atoms with Gasteiger partial charge in [0.2, 0.25) is 0 Å². The smallest absolute Gasteiger partial charge is 0.123 e. The summed E-state index contributed by atoms with van der Waals surface area (Å²) in [4.78, 5) is 3.11. The average Bonchev–Trinajstić information content (AvgIpc) is 2.40. The maximum atomic E-state index is 5.70. The molecule has 0 aliphatic carbocycles. The fourth-order valence-corrected chi connectivity index (χ4v) is 2.69. The third-order valence-electron chi connectivity index (χ3n) is 3.58. The van der Waals surface area contributed by atoms with Crippen molar-refractivity contribution in [1.29, 1.82) is 0 Å². The number of likely N-dealkylation sites (tertiary alicyclic amines) is 1. The summed E-state index contributed by atoms with van der Waals surface area (Å²) in [6.45, 7) is 3.05. The number of piperidine rings is 1. The third kappa shape index (κ3) is 3.21. The predicted octanol–water partition coefficient (Wildman–Crippen LogP) is 2.19. The number of para-hydroxylation sites is 1. The largest absolute Gasteiger partial charge is 0.496 e. The number of hydrogen-bond acceptors (Lipinski definition) is 3. The molecular formula is C14H20N2OS. The Labute approximate surface area is 114 Å². The first-order chi connectivity index (χ1) is 8.70. The van der Waals surface area contributed by atoms with Crippen molar-refractivity contribution in [2.24, 2.45) is 11.7 Å². The van der Waals surface area contributed by atoms with Crippen LogP contribution >= 0.6 is 12.2 Å². The van der Waals surface area contributed by atoms with E-state index in [0.717, 1.165) is 38.2 Å². The van der Waals surface area contributed by atoms with Gasteiger partial charge in [-0.1, -0.05) is 30.4 Å². The van der Waals surface area contributed by atoms with Gasteiger partial charge in [0.15, 0.2) is 0 Å².